The van der Waals surface area contributed by atoms with Crippen LogP contribution < -0.4 is 10.1 Å². The number of hydrogen-bond acceptors (Lipinski definition) is 3. The Morgan fingerprint density at radius 2 is 2.30 bits per heavy atom. The fourth-order valence-electron chi connectivity index (χ4n) is 3.09. The third-order valence-corrected chi connectivity index (χ3v) is 4.41. The first-order chi connectivity index (χ1) is 9.70. The third kappa shape index (κ3) is 2.52. The average molecular weight is 274 g/mol. The van der Waals surface area contributed by atoms with E-state index >= 15 is 0 Å². The van der Waals surface area contributed by atoms with Crippen LogP contribution in [0.3, 0.4) is 0 Å². The van der Waals surface area contributed by atoms with Gasteiger partial charge in [0.15, 0.2) is 0 Å². The van der Waals surface area contributed by atoms with E-state index in [4.69, 9.17) is 4.74 Å². The molecule has 4 nitrogen and oxygen atoms in total. The maximum absolute atomic E-state index is 12.6. The van der Waals surface area contributed by atoms with Crippen LogP contribution >= 0.6 is 0 Å². The zero-order chi connectivity index (χ0) is 14.1. The Morgan fingerprint density at radius 3 is 3.05 bits per heavy atom. The van der Waals surface area contributed by atoms with Gasteiger partial charge in [-0.15, -0.1) is 0 Å². The number of benzene rings is 1. The van der Waals surface area contributed by atoms with E-state index in [9.17, 15) is 4.79 Å². The molecular formula is C16H22N2O2. The Labute approximate surface area is 120 Å². The van der Waals surface area contributed by atoms with Gasteiger partial charge < -0.3 is 15.0 Å². The third-order valence-electron chi connectivity index (χ3n) is 4.41. The summed E-state index contributed by atoms with van der Waals surface area (Å²) >= 11 is 0. The second-order valence-electron chi connectivity index (χ2n) is 5.81. The second kappa shape index (κ2) is 5.44. The normalized spacial score (nSPS) is 29.1. The first-order valence-electron chi connectivity index (χ1n) is 7.36. The van der Waals surface area contributed by atoms with Crippen LogP contribution in [0, 0.1) is 5.92 Å². The molecule has 1 amide bonds. The highest BCUT2D eigenvalue weighted by Crippen LogP contribution is 2.49. The van der Waals surface area contributed by atoms with Gasteiger partial charge in [0.2, 0.25) is 5.91 Å². The lowest BCUT2D eigenvalue weighted by Crippen LogP contribution is -2.52. The number of nitrogens with zero attached hydrogens (tertiary/aromatic N) is 1. The molecule has 1 aliphatic heterocycles. The van der Waals surface area contributed by atoms with Gasteiger partial charge in [0.1, 0.15) is 5.75 Å². The van der Waals surface area contributed by atoms with Crippen LogP contribution in [0.2, 0.25) is 0 Å². The standard InChI is InChI=1S/C16H22N2O2/c1-11-10-17-6-7-18(11)16(19)15-9-14(15)12-4-3-5-13(8-12)20-2/h3-5,8,11,14-15,17H,6-7,9-10H2,1-2H3/t11-,14-,15-/m0/s1. The summed E-state index contributed by atoms with van der Waals surface area (Å²) < 4.78 is 5.26. The van der Waals surface area contributed by atoms with E-state index in [-0.39, 0.29) is 5.92 Å². The molecule has 4 heteroatoms. The first kappa shape index (κ1) is 13.4. The van der Waals surface area contributed by atoms with Crippen molar-refractivity contribution < 1.29 is 9.53 Å². The molecule has 0 radical (unpaired) electrons. The number of methoxy groups -OCH3 is 1. The van der Waals surface area contributed by atoms with Crippen molar-refractivity contribution in [2.75, 3.05) is 26.7 Å². The monoisotopic (exact) mass is 274 g/mol. The number of carbonyl (C=O) groups is 1. The first-order valence-corrected chi connectivity index (χ1v) is 7.36. The van der Waals surface area contributed by atoms with E-state index in [1.165, 1.54) is 5.56 Å². The number of amides is 1. The molecule has 0 spiro atoms. The number of carbonyl (C=O) groups excluding carboxylic acids is 1. The number of nitrogens with one attached hydrogen (secondary N) is 1. The van der Waals surface area contributed by atoms with Crippen LogP contribution in [0.15, 0.2) is 24.3 Å². The van der Waals surface area contributed by atoms with Crippen LogP contribution in [0.5, 0.6) is 5.75 Å². The molecule has 1 N–H and O–H groups in total. The molecule has 20 heavy (non-hydrogen) atoms. The fourth-order valence-corrected chi connectivity index (χ4v) is 3.09. The zero-order valence-electron chi connectivity index (χ0n) is 12.1. The summed E-state index contributed by atoms with van der Waals surface area (Å²) in [7, 11) is 1.68. The molecule has 1 aromatic carbocycles. The van der Waals surface area contributed by atoms with Gasteiger partial charge in [-0.1, -0.05) is 12.1 Å². The molecule has 1 aliphatic carbocycles. The number of ether oxygens (including phenoxy) is 1. The summed E-state index contributed by atoms with van der Waals surface area (Å²) in [6.45, 7) is 4.77. The van der Waals surface area contributed by atoms with Crippen molar-refractivity contribution in [2.45, 2.75) is 25.3 Å². The van der Waals surface area contributed by atoms with Gasteiger partial charge in [-0.05, 0) is 37.0 Å². The van der Waals surface area contributed by atoms with Gasteiger partial charge in [-0.3, -0.25) is 4.79 Å². The summed E-state index contributed by atoms with van der Waals surface area (Å²) in [5.41, 5.74) is 1.23. The minimum Gasteiger partial charge on any atom is -0.497 e. The molecule has 1 saturated heterocycles. The molecule has 0 bridgehead atoms. The highest BCUT2D eigenvalue weighted by atomic mass is 16.5. The van der Waals surface area contributed by atoms with Crippen LogP contribution in [-0.2, 0) is 4.79 Å². The smallest absolute Gasteiger partial charge is 0.226 e. The lowest BCUT2D eigenvalue weighted by atomic mass is 10.1. The molecule has 2 fully saturated rings. The van der Waals surface area contributed by atoms with E-state index < -0.39 is 0 Å². The number of rotatable bonds is 3. The van der Waals surface area contributed by atoms with E-state index in [0.717, 1.165) is 31.8 Å². The molecule has 1 saturated carbocycles. The SMILES string of the molecule is COc1cccc([C@@H]2C[C@@H]2C(=O)N2CCNC[C@@H]2C)c1. The number of piperazine rings is 1. The molecule has 1 aromatic rings. The summed E-state index contributed by atoms with van der Waals surface area (Å²) in [5.74, 6) is 1.74. The Morgan fingerprint density at radius 1 is 1.45 bits per heavy atom. The summed E-state index contributed by atoms with van der Waals surface area (Å²) in [4.78, 5) is 14.6. The number of hydrogen-bond donors (Lipinski definition) is 1. The quantitative estimate of drug-likeness (QED) is 0.910. The van der Waals surface area contributed by atoms with Crippen LogP contribution in [0.25, 0.3) is 0 Å². The topological polar surface area (TPSA) is 41.6 Å². The molecule has 2 aliphatic rings. The van der Waals surface area contributed by atoms with E-state index in [2.05, 4.69) is 24.4 Å². The molecule has 0 unspecified atom stereocenters. The van der Waals surface area contributed by atoms with Gasteiger partial charge in [0.05, 0.1) is 7.11 Å². The van der Waals surface area contributed by atoms with Crippen molar-refractivity contribution in [3.05, 3.63) is 29.8 Å². The van der Waals surface area contributed by atoms with Crippen LogP contribution in [0.4, 0.5) is 0 Å². The fraction of sp³-hybridized carbons (Fsp3) is 0.562. The minimum atomic E-state index is 0.169. The molecule has 108 valence electrons. The highest BCUT2D eigenvalue weighted by Gasteiger charge is 2.46. The molecule has 1 heterocycles. The molecule has 3 rings (SSSR count). The van der Waals surface area contributed by atoms with E-state index in [1.54, 1.807) is 7.11 Å². The molecule has 0 aromatic heterocycles. The Bertz CT molecular complexity index is 503. The Kier molecular flexibility index (Phi) is 3.66. The zero-order valence-corrected chi connectivity index (χ0v) is 12.1. The predicted octanol–water partition coefficient (Wildman–Crippen LogP) is 1.62. The van der Waals surface area contributed by atoms with Crippen LogP contribution in [-0.4, -0.2) is 43.6 Å². The van der Waals surface area contributed by atoms with Gasteiger partial charge in [-0.2, -0.15) is 0 Å². The summed E-state index contributed by atoms with van der Waals surface area (Å²) in [5, 5.41) is 3.33. The van der Waals surface area contributed by atoms with Gasteiger partial charge in [0.25, 0.3) is 0 Å². The highest BCUT2D eigenvalue weighted by molar-refractivity contribution is 5.83. The van der Waals surface area contributed by atoms with E-state index in [1.807, 2.05) is 17.0 Å². The minimum absolute atomic E-state index is 0.169. The van der Waals surface area contributed by atoms with Crippen molar-refractivity contribution in [3.8, 4) is 5.75 Å². The summed E-state index contributed by atoms with van der Waals surface area (Å²) in [6, 6.07) is 8.41. The van der Waals surface area contributed by atoms with Crippen molar-refractivity contribution in [2.24, 2.45) is 5.92 Å². The predicted molar refractivity (Wildman–Crippen MR) is 77.9 cm³/mol. The summed E-state index contributed by atoms with van der Waals surface area (Å²) in [6.07, 6.45) is 0.975. The van der Waals surface area contributed by atoms with Crippen molar-refractivity contribution in [1.29, 1.82) is 0 Å². The Balaban J connectivity index is 1.67. The Hall–Kier alpha value is -1.55. The van der Waals surface area contributed by atoms with E-state index in [0.29, 0.717) is 17.9 Å². The van der Waals surface area contributed by atoms with Gasteiger partial charge >= 0.3 is 0 Å². The van der Waals surface area contributed by atoms with Gasteiger partial charge in [-0.25, -0.2) is 0 Å². The maximum Gasteiger partial charge on any atom is 0.226 e. The average Bonchev–Trinajstić information content (AvgIpc) is 3.28. The second-order valence-corrected chi connectivity index (χ2v) is 5.81. The van der Waals surface area contributed by atoms with Crippen molar-refractivity contribution in [3.63, 3.8) is 0 Å². The lowest BCUT2D eigenvalue weighted by molar-refractivity contribution is -0.135. The van der Waals surface area contributed by atoms with Crippen molar-refractivity contribution in [1.82, 2.24) is 10.2 Å². The van der Waals surface area contributed by atoms with Crippen molar-refractivity contribution >= 4 is 5.91 Å². The molecular weight excluding hydrogens is 252 g/mol. The van der Waals surface area contributed by atoms with Crippen LogP contribution in [0.1, 0.15) is 24.8 Å². The lowest BCUT2D eigenvalue weighted by Gasteiger charge is -2.34. The maximum atomic E-state index is 12.6. The largest absolute Gasteiger partial charge is 0.497 e. The van der Waals surface area contributed by atoms with Gasteiger partial charge in [0, 0.05) is 31.6 Å². The molecule has 3 atom stereocenters.